The molecule has 0 fully saturated rings. The number of ether oxygens (including phenoxy) is 1. The van der Waals surface area contributed by atoms with Gasteiger partial charge in [0.25, 0.3) is 5.56 Å². The van der Waals surface area contributed by atoms with Crippen molar-refractivity contribution >= 4 is 40.4 Å². The summed E-state index contributed by atoms with van der Waals surface area (Å²) in [6, 6.07) is 11.3. The Morgan fingerprint density at radius 2 is 2.00 bits per heavy atom. The van der Waals surface area contributed by atoms with Crippen LogP contribution in [0.15, 0.2) is 62.8 Å². The number of thiazole rings is 1. The van der Waals surface area contributed by atoms with Gasteiger partial charge in [0, 0.05) is 24.7 Å². The second kappa shape index (κ2) is 8.64. The Hall–Kier alpha value is -2.97. The molecule has 1 aliphatic heterocycles. The molecular weight excluding hydrogens is 430 g/mol. The molecule has 4 rings (SSSR count). The van der Waals surface area contributed by atoms with Crippen LogP contribution in [0.5, 0.6) is 0 Å². The molecule has 160 valence electrons. The molecule has 0 saturated carbocycles. The van der Waals surface area contributed by atoms with Gasteiger partial charge in [0.15, 0.2) is 4.80 Å². The van der Waals surface area contributed by atoms with Gasteiger partial charge in [-0.1, -0.05) is 29.5 Å². The predicted molar refractivity (Wildman–Crippen MR) is 125 cm³/mol. The monoisotopic (exact) mass is 453 g/mol. The molecule has 0 saturated heterocycles. The van der Waals surface area contributed by atoms with Gasteiger partial charge in [-0.15, -0.1) is 11.3 Å². The number of benzene rings is 1. The van der Waals surface area contributed by atoms with Crippen LogP contribution in [0.4, 0.5) is 5.69 Å². The van der Waals surface area contributed by atoms with E-state index < -0.39 is 12.0 Å². The van der Waals surface area contributed by atoms with Gasteiger partial charge in [0.05, 0.1) is 22.4 Å². The summed E-state index contributed by atoms with van der Waals surface area (Å²) in [6.45, 7) is 3.83. The summed E-state index contributed by atoms with van der Waals surface area (Å²) in [4.78, 5) is 34.3. The zero-order chi connectivity index (χ0) is 22.1. The number of hydrogen-bond donors (Lipinski definition) is 0. The van der Waals surface area contributed by atoms with Crippen molar-refractivity contribution in [1.29, 1.82) is 0 Å². The number of carbonyl (C=O) groups excluding carboxylic acids is 1. The van der Waals surface area contributed by atoms with E-state index in [-0.39, 0.29) is 12.2 Å². The van der Waals surface area contributed by atoms with E-state index in [1.807, 2.05) is 66.8 Å². The third kappa shape index (κ3) is 4.00. The molecule has 1 unspecified atom stereocenters. The van der Waals surface area contributed by atoms with Crippen LogP contribution in [0.3, 0.4) is 0 Å². The van der Waals surface area contributed by atoms with Crippen molar-refractivity contribution in [2.24, 2.45) is 4.99 Å². The Labute approximate surface area is 188 Å². The molecule has 0 amide bonds. The highest BCUT2D eigenvalue weighted by Gasteiger charge is 2.33. The van der Waals surface area contributed by atoms with Crippen LogP contribution in [0, 0.1) is 0 Å². The van der Waals surface area contributed by atoms with E-state index in [0.717, 1.165) is 16.1 Å². The lowest BCUT2D eigenvalue weighted by Crippen LogP contribution is -2.39. The van der Waals surface area contributed by atoms with Crippen molar-refractivity contribution in [3.05, 3.63) is 83.2 Å². The summed E-state index contributed by atoms with van der Waals surface area (Å²) >= 11 is 2.84. The molecule has 0 N–H and O–H groups in total. The number of hydrogen-bond acceptors (Lipinski definition) is 7. The summed E-state index contributed by atoms with van der Waals surface area (Å²) in [6.07, 6.45) is 1.87. The van der Waals surface area contributed by atoms with Crippen molar-refractivity contribution < 1.29 is 9.53 Å². The lowest BCUT2D eigenvalue weighted by molar-refractivity contribution is -0.139. The number of anilines is 1. The first-order chi connectivity index (χ1) is 14.9. The number of carbonyl (C=O) groups is 1. The van der Waals surface area contributed by atoms with Gasteiger partial charge in [-0.05, 0) is 49.1 Å². The van der Waals surface area contributed by atoms with Gasteiger partial charge in [0.1, 0.15) is 6.04 Å². The molecule has 2 aromatic heterocycles. The van der Waals surface area contributed by atoms with Gasteiger partial charge in [0.2, 0.25) is 0 Å². The van der Waals surface area contributed by atoms with Crippen LogP contribution in [-0.4, -0.2) is 31.2 Å². The first-order valence-electron chi connectivity index (χ1n) is 9.91. The van der Waals surface area contributed by atoms with E-state index in [1.54, 1.807) is 18.4 Å². The molecule has 31 heavy (non-hydrogen) atoms. The number of nitrogens with zero attached hydrogens (tertiary/aromatic N) is 3. The summed E-state index contributed by atoms with van der Waals surface area (Å²) in [5.41, 5.74) is 2.86. The molecule has 3 aromatic rings. The van der Waals surface area contributed by atoms with Crippen LogP contribution in [0.1, 0.15) is 30.3 Å². The number of fused-ring (bicyclic) bond motifs is 1. The summed E-state index contributed by atoms with van der Waals surface area (Å²) < 4.78 is 7.49. The van der Waals surface area contributed by atoms with Crippen LogP contribution >= 0.6 is 22.7 Å². The molecule has 0 bridgehead atoms. The van der Waals surface area contributed by atoms with E-state index in [2.05, 4.69) is 4.99 Å². The fourth-order valence-corrected chi connectivity index (χ4v) is 5.40. The quantitative estimate of drug-likeness (QED) is 0.558. The highest BCUT2D eigenvalue weighted by atomic mass is 32.1. The number of allylic oxidation sites excluding steroid dienone is 1. The Morgan fingerprint density at radius 1 is 1.26 bits per heavy atom. The lowest BCUT2D eigenvalue weighted by Gasteiger charge is -2.23. The van der Waals surface area contributed by atoms with E-state index in [9.17, 15) is 9.59 Å². The second-order valence-electron chi connectivity index (χ2n) is 7.30. The molecule has 1 atom stereocenters. The van der Waals surface area contributed by atoms with Crippen LogP contribution < -0.4 is 19.8 Å². The molecule has 8 heteroatoms. The topological polar surface area (TPSA) is 63.9 Å². The van der Waals surface area contributed by atoms with Gasteiger partial charge in [-0.3, -0.25) is 9.36 Å². The van der Waals surface area contributed by atoms with E-state index >= 15 is 0 Å². The smallest absolute Gasteiger partial charge is 0.338 e. The second-order valence-corrected chi connectivity index (χ2v) is 9.29. The van der Waals surface area contributed by atoms with E-state index in [1.165, 1.54) is 22.7 Å². The minimum Gasteiger partial charge on any atom is -0.463 e. The SMILES string of the molecule is CCOC(=O)C1=C(C)N=c2sc(=Cc3ccc(N(C)C)cc3)c(=O)n2C1c1cccs1. The normalized spacial score (nSPS) is 16.1. The van der Waals surface area contributed by atoms with Gasteiger partial charge < -0.3 is 9.64 Å². The maximum atomic E-state index is 13.4. The number of thiophene rings is 1. The molecule has 0 aliphatic carbocycles. The summed E-state index contributed by atoms with van der Waals surface area (Å²) in [5.74, 6) is -0.435. The highest BCUT2D eigenvalue weighted by molar-refractivity contribution is 7.10. The third-order valence-electron chi connectivity index (χ3n) is 5.04. The Morgan fingerprint density at radius 3 is 2.61 bits per heavy atom. The van der Waals surface area contributed by atoms with Crippen molar-refractivity contribution in [2.75, 3.05) is 25.6 Å². The fraction of sp³-hybridized carbons (Fsp3) is 0.261. The van der Waals surface area contributed by atoms with Gasteiger partial charge in [-0.25, -0.2) is 9.79 Å². The molecular formula is C23H23N3O3S2. The van der Waals surface area contributed by atoms with Crippen LogP contribution in [0.2, 0.25) is 0 Å². The summed E-state index contributed by atoms with van der Waals surface area (Å²) in [7, 11) is 3.97. The molecule has 1 aliphatic rings. The van der Waals surface area contributed by atoms with Crippen LogP contribution in [0.25, 0.3) is 6.08 Å². The van der Waals surface area contributed by atoms with Crippen LogP contribution in [-0.2, 0) is 9.53 Å². The molecule has 0 spiro atoms. The van der Waals surface area contributed by atoms with E-state index in [4.69, 9.17) is 4.74 Å². The standard InChI is InChI=1S/C23H23N3O3S2/c1-5-29-22(28)19-14(2)24-23-26(20(19)17-7-6-12-30-17)21(27)18(31-23)13-15-8-10-16(11-9-15)25(3)4/h6-13,20H,5H2,1-4H3. The zero-order valence-corrected chi connectivity index (χ0v) is 19.4. The lowest BCUT2D eigenvalue weighted by atomic mass is 10.0. The average molecular weight is 454 g/mol. The van der Waals surface area contributed by atoms with Crippen molar-refractivity contribution in [3.8, 4) is 0 Å². The maximum Gasteiger partial charge on any atom is 0.338 e. The number of aromatic nitrogens is 1. The third-order valence-corrected chi connectivity index (χ3v) is 6.94. The van der Waals surface area contributed by atoms with Crippen molar-refractivity contribution in [2.45, 2.75) is 19.9 Å². The molecule has 6 nitrogen and oxygen atoms in total. The Balaban J connectivity index is 1.87. The predicted octanol–water partition coefficient (Wildman–Crippen LogP) is 2.93. The molecule has 3 heterocycles. The van der Waals surface area contributed by atoms with Gasteiger partial charge >= 0.3 is 5.97 Å². The fourth-order valence-electron chi connectivity index (χ4n) is 3.53. The average Bonchev–Trinajstić information content (AvgIpc) is 3.36. The molecule has 0 radical (unpaired) electrons. The number of rotatable bonds is 5. The molecule has 1 aromatic carbocycles. The zero-order valence-electron chi connectivity index (χ0n) is 17.8. The first kappa shape index (κ1) is 21.3. The highest BCUT2D eigenvalue weighted by Crippen LogP contribution is 2.33. The number of esters is 1. The Bertz CT molecular complexity index is 1310. The maximum absolute atomic E-state index is 13.4. The first-order valence-corrected chi connectivity index (χ1v) is 11.6. The minimum absolute atomic E-state index is 0.159. The largest absolute Gasteiger partial charge is 0.463 e. The van der Waals surface area contributed by atoms with Crippen molar-refractivity contribution in [1.82, 2.24) is 4.57 Å². The minimum atomic E-state index is -0.534. The van der Waals surface area contributed by atoms with E-state index in [0.29, 0.717) is 20.6 Å². The Kier molecular flexibility index (Phi) is 5.93. The summed E-state index contributed by atoms with van der Waals surface area (Å²) in [5, 5.41) is 1.94. The van der Waals surface area contributed by atoms with Crippen molar-refractivity contribution in [3.63, 3.8) is 0 Å². The van der Waals surface area contributed by atoms with Gasteiger partial charge in [-0.2, -0.15) is 0 Å².